The van der Waals surface area contributed by atoms with Crippen LogP contribution in [0.15, 0.2) is 65.1 Å². The number of ketones is 1. The van der Waals surface area contributed by atoms with Crippen LogP contribution in [0.1, 0.15) is 43.2 Å². The highest BCUT2D eigenvalue weighted by atomic mass is 16.5. The zero-order valence-electron chi connectivity index (χ0n) is 17.4. The van der Waals surface area contributed by atoms with Crippen molar-refractivity contribution in [1.29, 1.82) is 0 Å². The molecule has 0 saturated heterocycles. The van der Waals surface area contributed by atoms with E-state index >= 15 is 0 Å². The second kappa shape index (κ2) is 8.14. The lowest BCUT2D eigenvalue weighted by atomic mass is 9.74. The molecule has 1 aromatic heterocycles. The Bertz CT molecular complexity index is 1070. The second-order valence-electron chi connectivity index (χ2n) is 7.68. The molecule has 0 radical (unpaired) electrons. The maximum Gasteiger partial charge on any atom is 0.255 e. The number of Topliss-reactive ketones (excluding diaryl/α,β-unsaturated/α-hetero) is 1. The van der Waals surface area contributed by atoms with Gasteiger partial charge in [0.05, 0.1) is 13.0 Å². The molecule has 2 heterocycles. The number of para-hydroxylation sites is 1. The van der Waals surface area contributed by atoms with Crippen molar-refractivity contribution in [2.75, 3.05) is 12.4 Å². The van der Waals surface area contributed by atoms with Crippen molar-refractivity contribution in [2.24, 2.45) is 0 Å². The first-order chi connectivity index (χ1) is 14.5. The maximum absolute atomic E-state index is 13.4. The molecule has 2 aromatic rings. The van der Waals surface area contributed by atoms with E-state index in [0.29, 0.717) is 29.1 Å². The third kappa shape index (κ3) is 3.61. The van der Waals surface area contributed by atoms with Gasteiger partial charge in [-0.1, -0.05) is 24.3 Å². The van der Waals surface area contributed by atoms with Gasteiger partial charge in [-0.2, -0.15) is 0 Å². The summed E-state index contributed by atoms with van der Waals surface area (Å²) in [6, 6.07) is 11.2. The van der Waals surface area contributed by atoms with Gasteiger partial charge in [0.1, 0.15) is 11.6 Å². The Morgan fingerprint density at radius 1 is 1.17 bits per heavy atom. The third-order valence-electron chi connectivity index (χ3n) is 5.62. The molecule has 6 nitrogen and oxygen atoms in total. The van der Waals surface area contributed by atoms with Crippen LogP contribution in [-0.2, 0) is 9.59 Å². The number of carbonyl (C=O) groups is 2. The van der Waals surface area contributed by atoms with Gasteiger partial charge in [-0.05, 0) is 44.4 Å². The van der Waals surface area contributed by atoms with E-state index in [4.69, 9.17) is 4.74 Å². The third-order valence-corrected chi connectivity index (χ3v) is 5.62. The molecule has 6 heteroatoms. The average Bonchev–Trinajstić information content (AvgIpc) is 2.74. The molecule has 2 aliphatic rings. The van der Waals surface area contributed by atoms with Gasteiger partial charge in [-0.25, -0.2) is 4.98 Å². The number of pyridine rings is 1. The van der Waals surface area contributed by atoms with E-state index in [9.17, 15) is 9.59 Å². The number of hydrogen-bond acceptors (Lipinski definition) is 5. The normalized spacial score (nSPS) is 18.6. The van der Waals surface area contributed by atoms with Gasteiger partial charge in [0.25, 0.3) is 5.91 Å². The van der Waals surface area contributed by atoms with Crippen LogP contribution >= 0.6 is 0 Å². The van der Waals surface area contributed by atoms with Gasteiger partial charge in [0, 0.05) is 40.7 Å². The molecule has 1 aliphatic heterocycles. The van der Waals surface area contributed by atoms with Gasteiger partial charge in [-0.15, -0.1) is 0 Å². The van der Waals surface area contributed by atoms with Crippen LogP contribution in [0.5, 0.6) is 5.75 Å². The predicted molar refractivity (Wildman–Crippen MR) is 115 cm³/mol. The van der Waals surface area contributed by atoms with Crippen LogP contribution < -0.4 is 15.4 Å². The molecule has 1 atom stereocenters. The second-order valence-corrected chi connectivity index (χ2v) is 7.68. The highest BCUT2D eigenvalue weighted by molar-refractivity contribution is 6.09. The molecular weight excluding hydrogens is 378 g/mol. The van der Waals surface area contributed by atoms with E-state index in [0.717, 1.165) is 35.4 Å². The van der Waals surface area contributed by atoms with Gasteiger partial charge in [0.15, 0.2) is 5.78 Å². The molecule has 0 bridgehead atoms. The fourth-order valence-electron chi connectivity index (χ4n) is 4.23. The van der Waals surface area contributed by atoms with Crippen molar-refractivity contribution >= 4 is 17.5 Å². The summed E-state index contributed by atoms with van der Waals surface area (Å²) in [4.78, 5) is 30.7. The Balaban J connectivity index is 1.81. The maximum atomic E-state index is 13.4. The lowest BCUT2D eigenvalue weighted by molar-refractivity contribution is -0.116. The number of allylic oxidation sites excluding steroid dienone is 3. The van der Waals surface area contributed by atoms with Crippen LogP contribution in [0.2, 0.25) is 0 Å². The van der Waals surface area contributed by atoms with Gasteiger partial charge in [-0.3, -0.25) is 9.59 Å². The zero-order valence-corrected chi connectivity index (χ0v) is 17.4. The van der Waals surface area contributed by atoms with Crippen LogP contribution in [0.4, 0.5) is 5.82 Å². The Morgan fingerprint density at radius 2 is 1.97 bits per heavy atom. The number of ether oxygens (including phenoxy) is 1. The number of amides is 1. The summed E-state index contributed by atoms with van der Waals surface area (Å²) < 4.78 is 5.59. The molecule has 0 saturated carbocycles. The monoisotopic (exact) mass is 403 g/mol. The minimum atomic E-state index is -0.490. The summed E-state index contributed by atoms with van der Waals surface area (Å²) >= 11 is 0. The summed E-state index contributed by atoms with van der Waals surface area (Å²) in [7, 11) is 1.60. The van der Waals surface area contributed by atoms with Crippen molar-refractivity contribution in [3.05, 3.63) is 76.3 Å². The lowest BCUT2D eigenvalue weighted by Gasteiger charge is -2.35. The zero-order chi connectivity index (χ0) is 21.3. The van der Waals surface area contributed by atoms with Crippen molar-refractivity contribution < 1.29 is 14.3 Å². The first-order valence-electron chi connectivity index (χ1n) is 10.1. The number of anilines is 1. The van der Waals surface area contributed by atoms with E-state index in [2.05, 4.69) is 15.6 Å². The highest BCUT2D eigenvalue weighted by Gasteiger charge is 2.39. The molecule has 2 N–H and O–H groups in total. The summed E-state index contributed by atoms with van der Waals surface area (Å²) in [6.45, 7) is 3.82. The summed E-state index contributed by atoms with van der Waals surface area (Å²) in [5.74, 6) is 0.430. The first kappa shape index (κ1) is 19.9. The lowest BCUT2D eigenvalue weighted by Crippen LogP contribution is -2.35. The molecule has 1 aliphatic carbocycles. The van der Waals surface area contributed by atoms with Crippen LogP contribution in [0, 0.1) is 6.92 Å². The van der Waals surface area contributed by atoms with Crippen LogP contribution in [0.3, 0.4) is 0 Å². The van der Waals surface area contributed by atoms with Crippen LogP contribution in [-0.4, -0.2) is 23.8 Å². The number of dihydropyridines is 1. The molecule has 0 fully saturated rings. The van der Waals surface area contributed by atoms with Crippen molar-refractivity contribution in [1.82, 2.24) is 10.3 Å². The average molecular weight is 403 g/mol. The Labute approximate surface area is 176 Å². The number of aromatic nitrogens is 1. The van der Waals surface area contributed by atoms with Crippen molar-refractivity contribution in [3.63, 3.8) is 0 Å². The number of hydrogen-bond donors (Lipinski definition) is 2. The van der Waals surface area contributed by atoms with Gasteiger partial charge in [0.2, 0.25) is 0 Å². The van der Waals surface area contributed by atoms with E-state index < -0.39 is 5.92 Å². The number of rotatable bonds is 4. The molecule has 30 heavy (non-hydrogen) atoms. The van der Waals surface area contributed by atoms with Crippen LogP contribution in [0.25, 0.3) is 0 Å². The van der Waals surface area contributed by atoms with E-state index in [-0.39, 0.29) is 11.7 Å². The predicted octanol–water partition coefficient (Wildman–Crippen LogP) is 4.01. The van der Waals surface area contributed by atoms with Gasteiger partial charge < -0.3 is 15.4 Å². The van der Waals surface area contributed by atoms with E-state index in [1.807, 2.05) is 44.2 Å². The molecule has 0 spiro atoms. The number of nitrogens with zero attached hydrogens (tertiary/aromatic N) is 1. The molecule has 1 amide bonds. The van der Waals surface area contributed by atoms with Crippen molar-refractivity contribution in [3.8, 4) is 5.75 Å². The minimum Gasteiger partial charge on any atom is -0.496 e. The number of carbonyl (C=O) groups excluding carboxylic acids is 2. The summed E-state index contributed by atoms with van der Waals surface area (Å²) in [5, 5.41) is 6.22. The molecule has 1 aromatic carbocycles. The van der Waals surface area contributed by atoms with E-state index in [1.165, 1.54) is 0 Å². The SMILES string of the molecule is COc1ccccc1[C@@H]1C(C(=O)Nc2ccc(C)cn2)=C(C)NC2=C1C(=O)CCC2. The Morgan fingerprint density at radius 3 is 2.70 bits per heavy atom. The first-order valence-corrected chi connectivity index (χ1v) is 10.1. The smallest absolute Gasteiger partial charge is 0.255 e. The quantitative estimate of drug-likeness (QED) is 0.806. The Kier molecular flexibility index (Phi) is 5.40. The number of nitrogens with one attached hydrogen (secondary N) is 2. The standard InChI is InChI=1S/C24H25N3O3/c1-14-11-12-20(25-13-14)27-24(29)21-15(2)26-17-8-6-9-18(28)23(17)22(21)16-7-4-5-10-19(16)30-3/h4-5,7,10-13,22,26H,6,8-9H2,1-3H3,(H,25,27,29)/t22-/m1/s1. The molecule has 0 unspecified atom stereocenters. The largest absolute Gasteiger partial charge is 0.496 e. The van der Waals surface area contributed by atoms with Crippen molar-refractivity contribution in [2.45, 2.75) is 39.0 Å². The number of aryl methyl sites for hydroxylation is 1. The molecule has 4 rings (SSSR count). The molecule has 154 valence electrons. The summed E-state index contributed by atoms with van der Waals surface area (Å²) in [5.41, 5.74) is 4.64. The van der Waals surface area contributed by atoms with E-state index in [1.54, 1.807) is 19.4 Å². The Hall–Kier alpha value is -3.41. The highest BCUT2D eigenvalue weighted by Crippen LogP contribution is 2.45. The number of benzene rings is 1. The number of methoxy groups -OCH3 is 1. The molecular formula is C24H25N3O3. The summed E-state index contributed by atoms with van der Waals surface area (Å²) in [6.07, 6.45) is 3.79. The minimum absolute atomic E-state index is 0.0749. The topological polar surface area (TPSA) is 80.3 Å². The fourth-order valence-corrected chi connectivity index (χ4v) is 4.23. The fraction of sp³-hybridized carbons (Fsp3) is 0.292. The van der Waals surface area contributed by atoms with Gasteiger partial charge >= 0.3 is 0 Å².